The fraction of sp³-hybridized carbons (Fsp3) is 0.440. The summed E-state index contributed by atoms with van der Waals surface area (Å²) in [5.74, 6) is -0.235. The molecule has 0 bridgehead atoms. The van der Waals surface area contributed by atoms with E-state index in [1.807, 2.05) is 42.5 Å². The molecule has 7 heteroatoms. The molecule has 32 heavy (non-hydrogen) atoms. The highest BCUT2D eigenvalue weighted by atomic mass is 16.6. The minimum atomic E-state index is -1.06. The number of nitrogens with one attached hydrogen (secondary N) is 1. The molecule has 0 spiro atoms. The number of benzene rings is 2. The zero-order valence-electron chi connectivity index (χ0n) is 19.0. The fourth-order valence-electron chi connectivity index (χ4n) is 4.51. The third kappa shape index (κ3) is 4.64. The Labute approximate surface area is 189 Å². The Kier molecular flexibility index (Phi) is 6.48. The van der Waals surface area contributed by atoms with E-state index in [1.54, 1.807) is 14.0 Å². The lowest BCUT2D eigenvalue weighted by Crippen LogP contribution is -2.53. The molecule has 2 aliphatic rings. The first kappa shape index (κ1) is 22.3. The lowest BCUT2D eigenvalue weighted by Gasteiger charge is -2.33. The molecule has 1 fully saturated rings. The van der Waals surface area contributed by atoms with Gasteiger partial charge in [-0.1, -0.05) is 36.4 Å². The van der Waals surface area contributed by atoms with Gasteiger partial charge in [-0.05, 0) is 49.2 Å². The number of hydrogen-bond donors (Lipinski definition) is 1. The Morgan fingerprint density at radius 2 is 1.94 bits per heavy atom. The first-order chi connectivity index (χ1) is 15.4. The van der Waals surface area contributed by atoms with Gasteiger partial charge < -0.3 is 19.7 Å². The van der Waals surface area contributed by atoms with Crippen LogP contribution in [0.2, 0.25) is 0 Å². The molecule has 2 amide bonds. The summed E-state index contributed by atoms with van der Waals surface area (Å²) >= 11 is 0. The van der Waals surface area contributed by atoms with E-state index in [2.05, 4.69) is 23.3 Å². The molecule has 2 aromatic rings. The smallest absolute Gasteiger partial charge is 0.411 e. The lowest BCUT2D eigenvalue weighted by atomic mass is 9.96. The van der Waals surface area contributed by atoms with Crippen molar-refractivity contribution in [2.75, 3.05) is 32.6 Å². The van der Waals surface area contributed by atoms with Crippen LogP contribution in [0.4, 0.5) is 10.5 Å². The predicted octanol–water partition coefficient (Wildman–Crippen LogP) is 3.43. The number of amides is 2. The summed E-state index contributed by atoms with van der Waals surface area (Å²) in [6, 6.07) is 15.5. The molecule has 0 aliphatic carbocycles. The number of carbonyl (C=O) groups excluding carboxylic acids is 2. The number of hydrogen-bond acceptors (Lipinski definition) is 5. The summed E-state index contributed by atoms with van der Waals surface area (Å²) in [5.41, 5.74) is 3.12. The van der Waals surface area contributed by atoms with Crippen molar-refractivity contribution < 1.29 is 19.1 Å². The molecule has 2 aliphatic heterocycles. The van der Waals surface area contributed by atoms with Crippen LogP contribution in [0.5, 0.6) is 0 Å². The lowest BCUT2D eigenvalue weighted by molar-refractivity contribution is -0.125. The van der Waals surface area contributed by atoms with Crippen LogP contribution in [0.3, 0.4) is 0 Å². The molecule has 4 rings (SSSR count). The van der Waals surface area contributed by atoms with Gasteiger partial charge in [0.15, 0.2) is 0 Å². The minimum Gasteiger partial charge on any atom is -0.445 e. The molecular weight excluding hydrogens is 406 g/mol. The number of nitrogens with zero attached hydrogens (tertiary/aromatic N) is 2. The van der Waals surface area contributed by atoms with Crippen molar-refractivity contribution in [3.05, 3.63) is 65.2 Å². The number of fused-ring (bicyclic) bond motifs is 1. The van der Waals surface area contributed by atoms with E-state index in [-0.39, 0.29) is 18.6 Å². The molecule has 7 nitrogen and oxygen atoms in total. The topological polar surface area (TPSA) is 71.1 Å². The summed E-state index contributed by atoms with van der Waals surface area (Å²) in [5, 5.41) is 3.03. The molecule has 0 aromatic heterocycles. The van der Waals surface area contributed by atoms with Crippen LogP contribution in [-0.4, -0.2) is 60.7 Å². The number of carbonyl (C=O) groups is 2. The molecule has 2 aromatic carbocycles. The van der Waals surface area contributed by atoms with Crippen LogP contribution < -0.4 is 5.32 Å². The Balaban J connectivity index is 1.47. The molecule has 0 unspecified atom stereocenters. The molecule has 1 N–H and O–H groups in total. The standard InChI is InChI=1S/C25H31N3O4/c1-25(23(29)26-21-10-9-20-15-27(2)12-11-19(20)13-21)14-22(31-3)16-28(25)24(30)32-17-18-7-5-4-6-8-18/h4-10,13,22H,11-12,14-17H2,1-3H3,(H,26,29)/t22-,25+/m1/s1. The Hall–Kier alpha value is -2.90. The van der Waals surface area contributed by atoms with Crippen LogP contribution in [0.1, 0.15) is 30.0 Å². The van der Waals surface area contributed by atoms with E-state index in [4.69, 9.17) is 9.47 Å². The van der Waals surface area contributed by atoms with Gasteiger partial charge in [-0.15, -0.1) is 0 Å². The van der Waals surface area contributed by atoms with Crippen LogP contribution in [0, 0.1) is 0 Å². The highest BCUT2D eigenvalue weighted by molar-refractivity contribution is 6.00. The molecule has 0 radical (unpaired) electrons. The van der Waals surface area contributed by atoms with Crippen molar-refractivity contribution in [2.45, 2.75) is 44.6 Å². The van der Waals surface area contributed by atoms with Gasteiger partial charge in [-0.25, -0.2) is 4.79 Å². The van der Waals surface area contributed by atoms with Crippen molar-refractivity contribution >= 4 is 17.7 Å². The second-order valence-electron chi connectivity index (χ2n) is 8.91. The van der Waals surface area contributed by atoms with E-state index < -0.39 is 11.6 Å². The second kappa shape index (κ2) is 9.30. The van der Waals surface area contributed by atoms with Crippen molar-refractivity contribution in [3.63, 3.8) is 0 Å². The summed E-state index contributed by atoms with van der Waals surface area (Å²) in [6.07, 6.45) is 0.621. The van der Waals surface area contributed by atoms with Gasteiger partial charge in [-0.3, -0.25) is 9.69 Å². The monoisotopic (exact) mass is 437 g/mol. The Morgan fingerprint density at radius 1 is 1.16 bits per heavy atom. The molecule has 0 saturated carbocycles. The van der Waals surface area contributed by atoms with Crippen LogP contribution in [-0.2, 0) is 33.8 Å². The van der Waals surface area contributed by atoms with E-state index in [9.17, 15) is 9.59 Å². The molecular formula is C25H31N3O4. The van der Waals surface area contributed by atoms with Crippen LogP contribution in [0.25, 0.3) is 0 Å². The average molecular weight is 438 g/mol. The fourth-order valence-corrected chi connectivity index (χ4v) is 4.51. The zero-order valence-corrected chi connectivity index (χ0v) is 19.0. The van der Waals surface area contributed by atoms with E-state index in [0.29, 0.717) is 13.0 Å². The zero-order chi connectivity index (χ0) is 22.7. The van der Waals surface area contributed by atoms with Gasteiger partial charge in [0.05, 0.1) is 12.6 Å². The number of methoxy groups -OCH3 is 1. The summed E-state index contributed by atoms with van der Waals surface area (Å²) in [7, 11) is 3.71. The summed E-state index contributed by atoms with van der Waals surface area (Å²) in [6.45, 7) is 4.16. The first-order valence-corrected chi connectivity index (χ1v) is 11.0. The van der Waals surface area contributed by atoms with Crippen molar-refractivity contribution in [2.24, 2.45) is 0 Å². The van der Waals surface area contributed by atoms with Crippen molar-refractivity contribution in [1.82, 2.24) is 9.80 Å². The molecule has 1 saturated heterocycles. The predicted molar refractivity (Wildman–Crippen MR) is 122 cm³/mol. The minimum absolute atomic E-state index is 0.158. The Bertz CT molecular complexity index is 980. The summed E-state index contributed by atoms with van der Waals surface area (Å²) in [4.78, 5) is 30.1. The largest absolute Gasteiger partial charge is 0.445 e. The van der Waals surface area contributed by atoms with Crippen molar-refractivity contribution in [1.29, 1.82) is 0 Å². The maximum atomic E-state index is 13.4. The van der Waals surface area contributed by atoms with E-state index in [0.717, 1.165) is 30.8 Å². The number of anilines is 1. The Morgan fingerprint density at radius 3 is 2.69 bits per heavy atom. The molecule has 2 atom stereocenters. The van der Waals surface area contributed by atoms with Gasteiger partial charge in [0.2, 0.25) is 5.91 Å². The summed E-state index contributed by atoms with van der Waals surface area (Å²) < 4.78 is 11.0. The van der Waals surface area contributed by atoms with E-state index in [1.165, 1.54) is 16.0 Å². The van der Waals surface area contributed by atoms with Gasteiger partial charge >= 0.3 is 6.09 Å². The average Bonchev–Trinajstić information content (AvgIpc) is 3.16. The van der Waals surface area contributed by atoms with E-state index >= 15 is 0 Å². The highest BCUT2D eigenvalue weighted by Gasteiger charge is 2.51. The number of rotatable bonds is 5. The van der Waals surface area contributed by atoms with Gasteiger partial charge in [0.25, 0.3) is 0 Å². The first-order valence-electron chi connectivity index (χ1n) is 11.0. The third-order valence-electron chi connectivity index (χ3n) is 6.52. The van der Waals surface area contributed by atoms with Crippen LogP contribution in [0.15, 0.2) is 48.5 Å². The van der Waals surface area contributed by atoms with Gasteiger partial charge in [0, 0.05) is 32.3 Å². The number of ether oxygens (including phenoxy) is 2. The maximum absolute atomic E-state index is 13.4. The van der Waals surface area contributed by atoms with Crippen molar-refractivity contribution in [3.8, 4) is 0 Å². The van der Waals surface area contributed by atoms with Gasteiger partial charge in [-0.2, -0.15) is 0 Å². The second-order valence-corrected chi connectivity index (χ2v) is 8.91. The quantitative estimate of drug-likeness (QED) is 0.776. The third-order valence-corrected chi connectivity index (χ3v) is 6.52. The molecule has 170 valence electrons. The number of likely N-dealkylation sites (N-methyl/N-ethyl adjacent to an activating group) is 1. The maximum Gasteiger partial charge on any atom is 0.411 e. The molecule has 2 heterocycles. The normalized spacial score (nSPS) is 23.0. The number of likely N-dealkylation sites (tertiary alicyclic amines) is 1. The SMILES string of the molecule is CO[C@H]1CN(C(=O)OCc2ccccc2)[C@](C)(C(=O)Nc2ccc3c(c2)CCN(C)C3)C1. The highest BCUT2D eigenvalue weighted by Crippen LogP contribution is 2.33. The van der Waals surface area contributed by atoms with Gasteiger partial charge in [0.1, 0.15) is 12.1 Å². The van der Waals surface area contributed by atoms with Crippen LogP contribution >= 0.6 is 0 Å².